The number of alkyl halides is 3. The molecule has 1 heterocycles. The molecular formula is C8H8ClF3N4. The molecule has 0 saturated heterocycles. The van der Waals surface area contributed by atoms with Crippen molar-refractivity contribution in [2.45, 2.75) is 24.6 Å². The smallest absolute Gasteiger partial charge is 0.394 e. The summed E-state index contributed by atoms with van der Waals surface area (Å²) in [7, 11) is 0. The molecule has 2 rings (SSSR count). The first-order valence-corrected chi connectivity index (χ1v) is 4.85. The van der Waals surface area contributed by atoms with E-state index in [0.29, 0.717) is 0 Å². The number of nitrogens with one attached hydrogen (secondary N) is 1. The number of aromatic nitrogens is 2. The molecule has 0 unspecified atom stereocenters. The molecule has 4 nitrogen and oxygen atoms in total. The highest BCUT2D eigenvalue weighted by Gasteiger charge is 2.63. The average molecular weight is 253 g/mol. The number of nitrogen functional groups attached to an aromatic ring is 1. The molecule has 0 aromatic carbocycles. The maximum atomic E-state index is 12.6. The summed E-state index contributed by atoms with van der Waals surface area (Å²) in [6, 6.07) is 0. The Morgan fingerprint density at radius 1 is 1.44 bits per heavy atom. The minimum Gasteiger partial charge on any atom is -0.394 e. The largest absolute Gasteiger partial charge is 0.411 e. The maximum absolute atomic E-state index is 12.6. The Balaban J connectivity index is 2.25. The molecule has 1 fully saturated rings. The van der Waals surface area contributed by atoms with Gasteiger partial charge in [0.05, 0.1) is 11.9 Å². The third-order valence-electron chi connectivity index (χ3n) is 2.44. The Labute approximate surface area is 94.0 Å². The number of anilines is 2. The van der Waals surface area contributed by atoms with Gasteiger partial charge in [0.2, 0.25) is 5.28 Å². The predicted molar refractivity (Wildman–Crippen MR) is 53.1 cm³/mol. The molecule has 1 saturated carbocycles. The summed E-state index contributed by atoms with van der Waals surface area (Å²) in [5.74, 6) is -0.0742. The molecule has 1 aromatic heterocycles. The Kier molecular flexibility index (Phi) is 2.37. The minimum atomic E-state index is -4.32. The molecule has 1 aliphatic rings. The molecule has 0 spiro atoms. The molecule has 0 radical (unpaired) electrons. The van der Waals surface area contributed by atoms with Gasteiger partial charge in [0.15, 0.2) is 5.82 Å². The van der Waals surface area contributed by atoms with E-state index in [-0.39, 0.29) is 29.6 Å². The zero-order chi connectivity index (χ0) is 12.0. The molecule has 1 aliphatic carbocycles. The van der Waals surface area contributed by atoms with Gasteiger partial charge < -0.3 is 11.1 Å². The Bertz CT molecular complexity index is 416. The van der Waals surface area contributed by atoms with E-state index < -0.39 is 11.7 Å². The van der Waals surface area contributed by atoms with Gasteiger partial charge in [0, 0.05) is 0 Å². The molecule has 0 amide bonds. The van der Waals surface area contributed by atoms with E-state index in [4.69, 9.17) is 17.3 Å². The van der Waals surface area contributed by atoms with E-state index in [1.54, 1.807) is 0 Å². The van der Waals surface area contributed by atoms with Gasteiger partial charge in [-0.1, -0.05) is 0 Å². The topological polar surface area (TPSA) is 63.8 Å². The van der Waals surface area contributed by atoms with E-state index in [0.717, 1.165) is 0 Å². The Morgan fingerprint density at radius 3 is 2.56 bits per heavy atom. The van der Waals surface area contributed by atoms with Crippen LogP contribution in [0, 0.1) is 0 Å². The molecule has 88 valence electrons. The highest BCUT2D eigenvalue weighted by Crippen LogP contribution is 2.51. The summed E-state index contributed by atoms with van der Waals surface area (Å²) in [6.07, 6.45) is -3.13. The van der Waals surface area contributed by atoms with Crippen LogP contribution in [0.4, 0.5) is 24.7 Å². The summed E-state index contributed by atoms with van der Waals surface area (Å²) in [4.78, 5) is 7.19. The first-order chi connectivity index (χ1) is 7.34. The number of nitrogens with two attached hydrogens (primary N) is 1. The fraction of sp³-hybridized carbons (Fsp3) is 0.500. The fourth-order valence-corrected chi connectivity index (χ4v) is 1.43. The van der Waals surface area contributed by atoms with Crippen LogP contribution >= 0.6 is 11.6 Å². The van der Waals surface area contributed by atoms with Crippen LogP contribution in [0.15, 0.2) is 6.20 Å². The van der Waals surface area contributed by atoms with Crippen molar-refractivity contribution < 1.29 is 13.2 Å². The van der Waals surface area contributed by atoms with Crippen molar-refractivity contribution in [3.63, 3.8) is 0 Å². The van der Waals surface area contributed by atoms with E-state index in [1.807, 2.05) is 0 Å². The number of halogens is 4. The quantitative estimate of drug-likeness (QED) is 0.792. The fourth-order valence-electron chi connectivity index (χ4n) is 1.30. The molecular weight excluding hydrogens is 245 g/mol. The van der Waals surface area contributed by atoms with Gasteiger partial charge in [-0.05, 0) is 24.4 Å². The lowest BCUT2D eigenvalue weighted by atomic mass is 10.2. The van der Waals surface area contributed by atoms with Crippen LogP contribution in [0.2, 0.25) is 5.28 Å². The summed E-state index contributed by atoms with van der Waals surface area (Å²) < 4.78 is 37.9. The Morgan fingerprint density at radius 2 is 2.06 bits per heavy atom. The van der Waals surface area contributed by atoms with Gasteiger partial charge in [-0.2, -0.15) is 18.2 Å². The summed E-state index contributed by atoms with van der Waals surface area (Å²) in [6.45, 7) is 0. The van der Waals surface area contributed by atoms with E-state index in [2.05, 4.69) is 15.3 Å². The molecule has 3 N–H and O–H groups in total. The SMILES string of the molecule is Nc1cnc(Cl)nc1NC1(C(F)(F)F)CC1. The van der Waals surface area contributed by atoms with Crippen LogP contribution in [-0.4, -0.2) is 21.7 Å². The van der Waals surface area contributed by atoms with Crippen molar-refractivity contribution in [2.24, 2.45) is 0 Å². The average Bonchev–Trinajstić information content (AvgIpc) is 2.91. The van der Waals surface area contributed by atoms with Crippen LogP contribution in [0.25, 0.3) is 0 Å². The molecule has 1 aromatic rings. The first-order valence-electron chi connectivity index (χ1n) is 4.47. The highest BCUT2D eigenvalue weighted by atomic mass is 35.5. The predicted octanol–water partition coefficient (Wildman–Crippen LogP) is 2.22. The zero-order valence-corrected chi connectivity index (χ0v) is 8.73. The second-order valence-corrected chi connectivity index (χ2v) is 3.99. The summed E-state index contributed by atoms with van der Waals surface area (Å²) in [5.41, 5.74) is 3.59. The van der Waals surface area contributed by atoms with Crippen LogP contribution < -0.4 is 11.1 Å². The van der Waals surface area contributed by atoms with Gasteiger partial charge in [0.1, 0.15) is 5.54 Å². The zero-order valence-electron chi connectivity index (χ0n) is 7.98. The van der Waals surface area contributed by atoms with Crippen molar-refractivity contribution in [2.75, 3.05) is 11.1 Å². The van der Waals surface area contributed by atoms with Gasteiger partial charge in [-0.3, -0.25) is 0 Å². The lowest BCUT2D eigenvalue weighted by Gasteiger charge is -2.21. The Hall–Kier alpha value is -1.24. The lowest BCUT2D eigenvalue weighted by molar-refractivity contribution is -0.151. The van der Waals surface area contributed by atoms with Crippen LogP contribution in [0.5, 0.6) is 0 Å². The third-order valence-corrected chi connectivity index (χ3v) is 2.62. The number of hydrogen-bond acceptors (Lipinski definition) is 4. The second-order valence-electron chi connectivity index (χ2n) is 3.65. The van der Waals surface area contributed by atoms with Crippen molar-refractivity contribution in [1.29, 1.82) is 0 Å². The van der Waals surface area contributed by atoms with Crippen molar-refractivity contribution >= 4 is 23.1 Å². The van der Waals surface area contributed by atoms with Crippen LogP contribution in [0.1, 0.15) is 12.8 Å². The van der Waals surface area contributed by atoms with E-state index in [9.17, 15) is 13.2 Å². The van der Waals surface area contributed by atoms with Gasteiger partial charge in [-0.15, -0.1) is 0 Å². The van der Waals surface area contributed by atoms with E-state index >= 15 is 0 Å². The lowest BCUT2D eigenvalue weighted by Crippen LogP contribution is -2.39. The normalized spacial score (nSPS) is 18.2. The van der Waals surface area contributed by atoms with Crippen molar-refractivity contribution in [1.82, 2.24) is 9.97 Å². The number of rotatable bonds is 2. The monoisotopic (exact) mass is 252 g/mol. The maximum Gasteiger partial charge on any atom is 0.411 e. The molecule has 16 heavy (non-hydrogen) atoms. The summed E-state index contributed by atoms with van der Waals surface area (Å²) >= 11 is 5.48. The van der Waals surface area contributed by atoms with Gasteiger partial charge >= 0.3 is 6.18 Å². The van der Waals surface area contributed by atoms with Crippen molar-refractivity contribution in [3.8, 4) is 0 Å². The minimum absolute atomic E-state index is 0.0115. The number of hydrogen-bond donors (Lipinski definition) is 2. The molecule has 0 bridgehead atoms. The summed E-state index contributed by atoms with van der Waals surface area (Å²) in [5, 5.41) is 2.15. The van der Waals surface area contributed by atoms with E-state index in [1.165, 1.54) is 6.20 Å². The van der Waals surface area contributed by atoms with Gasteiger partial charge in [-0.25, -0.2) is 4.98 Å². The van der Waals surface area contributed by atoms with Gasteiger partial charge in [0.25, 0.3) is 0 Å². The standard InChI is InChI=1S/C8H8ClF3N4/c9-6-14-3-4(13)5(15-6)16-7(1-2-7)8(10,11)12/h3H,1-2,13H2,(H,14,15,16). The molecule has 8 heteroatoms. The second kappa shape index (κ2) is 3.38. The van der Waals surface area contributed by atoms with Crippen molar-refractivity contribution in [3.05, 3.63) is 11.5 Å². The third kappa shape index (κ3) is 1.87. The van der Waals surface area contributed by atoms with Crippen LogP contribution in [-0.2, 0) is 0 Å². The number of nitrogens with zero attached hydrogens (tertiary/aromatic N) is 2. The highest BCUT2D eigenvalue weighted by molar-refractivity contribution is 6.28. The molecule has 0 aliphatic heterocycles. The first kappa shape index (κ1) is 11.3. The van der Waals surface area contributed by atoms with Crippen LogP contribution in [0.3, 0.4) is 0 Å². The molecule has 0 atom stereocenters.